The number of nitrogens with zero attached hydrogens (tertiary/aromatic N) is 3. The lowest BCUT2D eigenvalue weighted by atomic mass is 10.1. The maximum atomic E-state index is 5.99. The fourth-order valence-electron chi connectivity index (χ4n) is 2.16. The minimum Gasteiger partial charge on any atom is -0.383 e. The number of aryl methyl sites for hydroxylation is 1. The summed E-state index contributed by atoms with van der Waals surface area (Å²) in [5, 5.41) is 4.17. The number of benzene rings is 1. The third-order valence-corrected chi connectivity index (χ3v) is 3.55. The number of nitrogen functional groups attached to an aromatic ring is 1. The summed E-state index contributed by atoms with van der Waals surface area (Å²) in [6.45, 7) is 7.53. The zero-order chi connectivity index (χ0) is 13.8. The highest BCUT2D eigenvalue weighted by Gasteiger charge is 2.07. The Hall–Kier alpha value is -1.81. The first-order chi connectivity index (χ1) is 9.15. The van der Waals surface area contributed by atoms with E-state index in [1.165, 1.54) is 5.56 Å². The first-order valence-electron chi connectivity index (χ1n) is 6.74. The van der Waals surface area contributed by atoms with Gasteiger partial charge < -0.3 is 5.73 Å². The van der Waals surface area contributed by atoms with Crippen molar-refractivity contribution in [3.05, 3.63) is 36.0 Å². The maximum Gasteiger partial charge on any atom is 0.129 e. The predicted molar refractivity (Wildman–Crippen MR) is 79.7 cm³/mol. The summed E-state index contributed by atoms with van der Waals surface area (Å²) in [7, 11) is 1.85. The number of rotatable bonds is 5. The van der Waals surface area contributed by atoms with Crippen molar-refractivity contribution in [2.45, 2.75) is 20.4 Å². The van der Waals surface area contributed by atoms with Crippen LogP contribution in [0.3, 0.4) is 0 Å². The van der Waals surface area contributed by atoms with E-state index < -0.39 is 0 Å². The lowest BCUT2D eigenvalue weighted by molar-refractivity contribution is 0.296. The summed E-state index contributed by atoms with van der Waals surface area (Å²) in [5.74, 6) is 0.705. The molecule has 0 aliphatic heterocycles. The van der Waals surface area contributed by atoms with E-state index >= 15 is 0 Å². The Kier molecular flexibility index (Phi) is 4.22. The van der Waals surface area contributed by atoms with Gasteiger partial charge in [0.15, 0.2) is 0 Å². The topological polar surface area (TPSA) is 47.1 Å². The van der Waals surface area contributed by atoms with Gasteiger partial charge in [0.1, 0.15) is 5.82 Å². The number of nitrogens with two attached hydrogens (primary N) is 1. The Morgan fingerprint density at radius 2 is 1.79 bits per heavy atom. The van der Waals surface area contributed by atoms with E-state index in [9.17, 15) is 0 Å². The van der Waals surface area contributed by atoms with Gasteiger partial charge >= 0.3 is 0 Å². The molecular formula is C15H22N4. The summed E-state index contributed by atoms with van der Waals surface area (Å²) in [6, 6.07) is 8.57. The second-order valence-corrected chi connectivity index (χ2v) is 4.73. The van der Waals surface area contributed by atoms with E-state index in [-0.39, 0.29) is 0 Å². The fraction of sp³-hybridized carbons (Fsp3) is 0.400. The molecule has 2 N–H and O–H groups in total. The molecule has 4 heteroatoms. The van der Waals surface area contributed by atoms with E-state index in [1.807, 2.05) is 13.2 Å². The van der Waals surface area contributed by atoms with Crippen molar-refractivity contribution in [2.75, 3.05) is 18.8 Å². The van der Waals surface area contributed by atoms with Gasteiger partial charge in [-0.05, 0) is 24.2 Å². The molecule has 0 saturated carbocycles. The molecule has 0 saturated heterocycles. The number of hydrogen-bond acceptors (Lipinski definition) is 3. The fourth-order valence-corrected chi connectivity index (χ4v) is 2.16. The van der Waals surface area contributed by atoms with Crippen molar-refractivity contribution in [1.82, 2.24) is 14.7 Å². The van der Waals surface area contributed by atoms with Gasteiger partial charge in [0, 0.05) is 19.2 Å². The molecule has 0 amide bonds. The zero-order valence-electron chi connectivity index (χ0n) is 11.9. The van der Waals surface area contributed by atoms with E-state index in [1.54, 1.807) is 4.68 Å². The van der Waals surface area contributed by atoms with Crippen LogP contribution in [-0.4, -0.2) is 27.8 Å². The average molecular weight is 258 g/mol. The summed E-state index contributed by atoms with van der Waals surface area (Å²) in [5.41, 5.74) is 9.43. The SMILES string of the molecule is CCN(CC)Cc1ccc(-c2cnn(C)c2N)cc1. The first-order valence-corrected chi connectivity index (χ1v) is 6.74. The summed E-state index contributed by atoms with van der Waals surface area (Å²) < 4.78 is 1.69. The molecule has 0 bridgehead atoms. The molecule has 0 unspecified atom stereocenters. The molecule has 1 heterocycles. The molecular weight excluding hydrogens is 236 g/mol. The van der Waals surface area contributed by atoms with Gasteiger partial charge in [-0.3, -0.25) is 9.58 Å². The molecule has 0 spiro atoms. The molecule has 1 aromatic carbocycles. The van der Waals surface area contributed by atoms with Crippen molar-refractivity contribution in [2.24, 2.45) is 7.05 Å². The highest BCUT2D eigenvalue weighted by Crippen LogP contribution is 2.25. The minimum atomic E-state index is 0.705. The lowest BCUT2D eigenvalue weighted by Gasteiger charge is -2.18. The van der Waals surface area contributed by atoms with Gasteiger partial charge in [0.05, 0.1) is 6.20 Å². The lowest BCUT2D eigenvalue weighted by Crippen LogP contribution is -2.21. The van der Waals surface area contributed by atoms with Crippen molar-refractivity contribution in [3.63, 3.8) is 0 Å². The van der Waals surface area contributed by atoms with E-state index in [2.05, 4.69) is 48.1 Å². The van der Waals surface area contributed by atoms with Crippen LogP contribution in [0.1, 0.15) is 19.4 Å². The highest BCUT2D eigenvalue weighted by atomic mass is 15.3. The Morgan fingerprint density at radius 3 is 2.26 bits per heavy atom. The van der Waals surface area contributed by atoms with Crippen LogP contribution in [0.15, 0.2) is 30.5 Å². The number of anilines is 1. The normalized spacial score (nSPS) is 11.2. The predicted octanol–water partition coefficient (Wildman–Crippen LogP) is 2.51. The molecule has 0 aliphatic rings. The van der Waals surface area contributed by atoms with Crippen LogP contribution in [0.25, 0.3) is 11.1 Å². The molecule has 4 nitrogen and oxygen atoms in total. The zero-order valence-corrected chi connectivity index (χ0v) is 11.9. The second-order valence-electron chi connectivity index (χ2n) is 4.73. The van der Waals surface area contributed by atoms with Crippen molar-refractivity contribution in [1.29, 1.82) is 0 Å². The Morgan fingerprint density at radius 1 is 1.16 bits per heavy atom. The summed E-state index contributed by atoms with van der Waals surface area (Å²) >= 11 is 0. The smallest absolute Gasteiger partial charge is 0.129 e. The van der Waals surface area contributed by atoms with Crippen molar-refractivity contribution < 1.29 is 0 Å². The van der Waals surface area contributed by atoms with Gasteiger partial charge in [0.2, 0.25) is 0 Å². The molecule has 0 radical (unpaired) electrons. The largest absolute Gasteiger partial charge is 0.383 e. The van der Waals surface area contributed by atoms with E-state index in [0.29, 0.717) is 5.82 Å². The summed E-state index contributed by atoms with van der Waals surface area (Å²) in [4.78, 5) is 2.40. The Bertz CT molecular complexity index is 524. The van der Waals surface area contributed by atoms with Crippen LogP contribution in [0.2, 0.25) is 0 Å². The average Bonchev–Trinajstić information content (AvgIpc) is 2.77. The molecule has 102 valence electrons. The van der Waals surface area contributed by atoms with Crippen molar-refractivity contribution >= 4 is 5.82 Å². The molecule has 0 atom stereocenters. The minimum absolute atomic E-state index is 0.705. The monoisotopic (exact) mass is 258 g/mol. The summed E-state index contributed by atoms with van der Waals surface area (Å²) in [6.07, 6.45) is 1.81. The Labute approximate surface area is 114 Å². The number of aromatic nitrogens is 2. The quantitative estimate of drug-likeness (QED) is 0.896. The van der Waals surface area contributed by atoms with E-state index in [0.717, 1.165) is 30.8 Å². The standard InChI is InChI=1S/C15H22N4/c1-4-19(5-2)11-12-6-8-13(9-7-12)14-10-17-18(3)15(14)16/h6-10H,4-5,11,16H2,1-3H3. The van der Waals surface area contributed by atoms with Crippen LogP contribution in [-0.2, 0) is 13.6 Å². The third-order valence-electron chi connectivity index (χ3n) is 3.55. The molecule has 1 aromatic heterocycles. The molecule has 19 heavy (non-hydrogen) atoms. The van der Waals surface area contributed by atoms with Crippen LogP contribution in [0.4, 0.5) is 5.82 Å². The number of hydrogen-bond donors (Lipinski definition) is 1. The molecule has 2 aromatic rings. The maximum absolute atomic E-state index is 5.99. The van der Waals surface area contributed by atoms with Crippen LogP contribution in [0, 0.1) is 0 Å². The van der Waals surface area contributed by atoms with Crippen molar-refractivity contribution in [3.8, 4) is 11.1 Å². The molecule has 2 rings (SSSR count). The van der Waals surface area contributed by atoms with Gasteiger partial charge in [-0.15, -0.1) is 0 Å². The van der Waals surface area contributed by atoms with Crippen LogP contribution in [0.5, 0.6) is 0 Å². The first kappa shape index (κ1) is 13.6. The van der Waals surface area contributed by atoms with Gasteiger partial charge in [-0.1, -0.05) is 38.1 Å². The van der Waals surface area contributed by atoms with E-state index in [4.69, 9.17) is 5.73 Å². The highest BCUT2D eigenvalue weighted by molar-refractivity contribution is 5.73. The van der Waals surface area contributed by atoms with Gasteiger partial charge in [-0.2, -0.15) is 5.10 Å². The van der Waals surface area contributed by atoms with Crippen LogP contribution < -0.4 is 5.73 Å². The van der Waals surface area contributed by atoms with Gasteiger partial charge in [-0.25, -0.2) is 0 Å². The van der Waals surface area contributed by atoms with Gasteiger partial charge in [0.25, 0.3) is 0 Å². The molecule has 0 aliphatic carbocycles. The third kappa shape index (κ3) is 2.96. The molecule has 0 fully saturated rings. The van der Waals surface area contributed by atoms with Crippen LogP contribution >= 0.6 is 0 Å². The second kappa shape index (κ2) is 5.89. The Balaban J connectivity index is 2.17.